The van der Waals surface area contributed by atoms with Crippen LogP contribution in [0.2, 0.25) is 0 Å². The summed E-state index contributed by atoms with van der Waals surface area (Å²) in [5.74, 6) is 1.52. The second-order valence-corrected chi connectivity index (χ2v) is 9.60. The lowest BCUT2D eigenvalue weighted by Crippen LogP contribution is -2.31. The highest BCUT2D eigenvalue weighted by Crippen LogP contribution is 2.34. The molecule has 0 aliphatic rings. The topological polar surface area (TPSA) is 57.8 Å². The number of anilines is 1. The molecule has 28 heavy (non-hydrogen) atoms. The van der Waals surface area contributed by atoms with Crippen molar-refractivity contribution in [1.82, 2.24) is 9.97 Å². The molecule has 0 aliphatic heterocycles. The number of aromatic amines is 1. The minimum Gasteiger partial charge on any atom is -0.367 e. The Labute approximate surface area is 167 Å². The highest BCUT2D eigenvalue weighted by molar-refractivity contribution is 6.10. The number of benzene rings is 1. The minimum atomic E-state index is -0.0757. The zero-order valence-corrected chi connectivity index (χ0v) is 18.4. The van der Waals surface area contributed by atoms with Crippen molar-refractivity contribution in [3.8, 4) is 0 Å². The lowest BCUT2D eigenvalue weighted by Gasteiger charge is -2.29. The average Bonchev–Trinajstić information content (AvgIpc) is 2.60. The average molecular weight is 380 g/mol. The molecule has 0 saturated heterocycles. The van der Waals surface area contributed by atoms with Crippen LogP contribution in [0.5, 0.6) is 0 Å². The van der Waals surface area contributed by atoms with Crippen LogP contribution in [-0.4, -0.2) is 16.0 Å². The quantitative estimate of drug-likeness (QED) is 0.533. The van der Waals surface area contributed by atoms with Gasteiger partial charge < -0.3 is 10.3 Å². The van der Waals surface area contributed by atoms with Crippen molar-refractivity contribution < 1.29 is 0 Å². The molecule has 0 bridgehead atoms. The van der Waals surface area contributed by atoms with Crippen molar-refractivity contribution in [2.75, 3.05) is 5.32 Å². The molecule has 2 aromatic heterocycles. The number of hydrogen-bond donors (Lipinski definition) is 2. The van der Waals surface area contributed by atoms with Crippen LogP contribution in [0.25, 0.3) is 21.7 Å². The summed E-state index contributed by atoms with van der Waals surface area (Å²) in [6, 6.07) is 6.65. The molecule has 3 rings (SSSR count). The Bertz CT molecular complexity index is 1070. The van der Waals surface area contributed by atoms with Gasteiger partial charge in [-0.15, -0.1) is 0 Å². The molecule has 150 valence electrons. The molecular formula is C24H33N3O. The van der Waals surface area contributed by atoms with Crippen LogP contribution in [0.4, 0.5) is 5.82 Å². The summed E-state index contributed by atoms with van der Waals surface area (Å²) in [7, 11) is 0. The van der Waals surface area contributed by atoms with E-state index in [1.165, 1.54) is 5.56 Å². The van der Waals surface area contributed by atoms with Crippen molar-refractivity contribution in [3.63, 3.8) is 0 Å². The van der Waals surface area contributed by atoms with Crippen LogP contribution in [-0.2, 0) is 0 Å². The maximum absolute atomic E-state index is 12.8. The number of H-pyrrole nitrogens is 1. The molecule has 2 N–H and O–H groups in total. The SMILES string of the molecule is CC(C)c1ccc2c(NC(C)C(C)(C)C)nc3c(C(C)C)c[nH]c(=O)c3c2c1. The zero-order chi connectivity index (χ0) is 20.8. The van der Waals surface area contributed by atoms with Crippen LogP contribution in [0.1, 0.15) is 78.4 Å². The van der Waals surface area contributed by atoms with E-state index in [0.717, 1.165) is 27.7 Å². The molecule has 0 fully saturated rings. The van der Waals surface area contributed by atoms with Gasteiger partial charge in [0.2, 0.25) is 0 Å². The third-order valence-electron chi connectivity index (χ3n) is 5.83. The second-order valence-electron chi connectivity index (χ2n) is 9.60. The largest absolute Gasteiger partial charge is 0.367 e. The molecule has 1 aromatic carbocycles. The first-order valence-electron chi connectivity index (χ1n) is 10.3. The van der Waals surface area contributed by atoms with Gasteiger partial charge >= 0.3 is 0 Å². The molecule has 3 aromatic rings. The lowest BCUT2D eigenvalue weighted by atomic mass is 9.88. The second kappa shape index (κ2) is 7.23. The molecule has 0 aliphatic carbocycles. The van der Waals surface area contributed by atoms with Crippen LogP contribution >= 0.6 is 0 Å². The van der Waals surface area contributed by atoms with Gasteiger partial charge in [0.1, 0.15) is 5.82 Å². The Morgan fingerprint density at radius 3 is 2.25 bits per heavy atom. The minimum absolute atomic E-state index is 0.0757. The predicted octanol–water partition coefficient (Wildman–Crippen LogP) is 6.17. The summed E-state index contributed by atoms with van der Waals surface area (Å²) >= 11 is 0. The van der Waals surface area contributed by atoms with E-state index < -0.39 is 0 Å². The Hall–Kier alpha value is -2.36. The van der Waals surface area contributed by atoms with E-state index >= 15 is 0 Å². The van der Waals surface area contributed by atoms with Gasteiger partial charge in [-0.1, -0.05) is 60.6 Å². The van der Waals surface area contributed by atoms with Gasteiger partial charge in [-0.3, -0.25) is 4.79 Å². The molecule has 2 heterocycles. The first kappa shape index (κ1) is 20.4. The van der Waals surface area contributed by atoms with Crippen molar-refractivity contribution in [3.05, 3.63) is 45.9 Å². The summed E-state index contributed by atoms with van der Waals surface area (Å²) in [6.45, 7) is 17.5. The fourth-order valence-corrected chi connectivity index (χ4v) is 3.38. The van der Waals surface area contributed by atoms with E-state index in [-0.39, 0.29) is 22.9 Å². The van der Waals surface area contributed by atoms with E-state index in [2.05, 4.69) is 83.9 Å². The van der Waals surface area contributed by atoms with Crippen molar-refractivity contribution in [2.45, 2.75) is 73.3 Å². The Morgan fingerprint density at radius 2 is 1.68 bits per heavy atom. The van der Waals surface area contributed by atoms with Gasteiger partial charge in [0, 0.05) is 23.0 Å². The summed E-state index contributed by atoms with van der Waals surface area (Å²) in [4.78, 5) is 20.7. The van der Waals surface area contributed by atoms with Crippen molar-refractivity contribution in [1.29, 1.82) is 0 Å². The number of rotatable bonds is 4. The predicted molar refractivity (Wildman–Crippen MR) is 121 cm³/mol. The van der Waals surface area contributed by atoms with E-state index in [1.54, 1.807) is 0 Å². The van der Waals surface area contributed by atoms with Gasteiger partial charge in [0.25, 0.3) is 5.56 Å². The number of nitrogens with zero attached hydrogens (tertiary/aromatic N) is 1. The molecule has 1 atom stereocenters. The molecule has 4 heteroatoms. The monoisotopic (exact) mass is 379 g/mol. The Morgan fingerprint density at radius 1 is 1.00 bits per heavy atom. The number of hydrogen-bond acceptors (Lipinski definition) is 3. The highest BCUT2D eigenvalue weighted by atomic mass is 16.1. The van der Waals surface area contributed by atoms with Gasteiger partial charge in [0.05, 0.1) is 10.9 Å². The molecule has 0 radical (unpaired) electrons. The van der Waals surface area contributed by atoms with Crippen molar-refractivity contribution >= 4 is 27.5 Å². The van der Waals surface area contributed by atoms with Gasteiger partial charge in [-0.25, -0.2) is 4.98 Å². The molecule has 0 amide bonds. The Kier molecular flexibility index (Phi) is 5.26. The van der Waals surface area contributed by atoms with Crippen LogP contribution in [0.15, 0.2) is 29.2 Å². The number of nitrogens with one attached hydrogen (secondary N) is 2. The van der Waals surface area contributed by atoms with Crippen LogP contribution in [0.3, 0.4) is 0 Å². The lowest BCUT2D eigenvalue weighted by molar-refractivity contribution is 0.359. The van der Waals surface area contributed by atoms with Gasteiger partial charge in [-0.05, 0) is 41.4 Å². The van der Waals surface area contributed by atoms with Crippen LogP contribution < -0.4 is 10.9 Å². The summed E-state index contributed by atoms with van der Waals surface area (Å²) < 4.78 is 0. The fraction of sp³-hybridized carbons (Fsp3) is 0.500. The first-order chi connectivity index (χ1) is 13.0. The molecule has 0 saturated carbocycles. The van der Waals surface area contributed by atoms with Gasteiger partial charge in [-0.2, -0.15) is 0 Å². The maximum Gasteiger partial charge on any atom is 0.258 e. The third-order valence-corrected chi connectivity index (χ3v) is 5.83. The van der Waals surface area contributed by atoms with E-state index in [1.807, 2.05) is 6.20 Å². The Balaban J connectivity index is 2.42. The standard InChI is InChI=1S/C24H33N3O/c1-13(2)16-9-10-17-18(11-16)20-21(19(14(3)4)12-25-23(20)28)27-22(17)26-15(5)24(6,7)8/h9-15H,1-8H3,(H,25,28)(H,26,27). The first-order valence-corrected chi connectivity index (χ1v) is 10.3. The summed E-state index contributed by atoms with van der Waals surface area (Å²) in [6.07, 6.45) is 1.82. The number of fused-ring (bicyclic) bond motifs is 3. The normalized spacial score (nSPS) is 13.6. The zero-order valence-electron chi connectivity index (χ0n) is 18.4. The summed E-state index contributed by atoms with van der Waals surface area (Å²) in [5.41, 5.74) is 3.11. The maximum atomic E-state index is 12.8. The van der Waals surface area contributed by atoms with E-state index in [0.29, 0.717) is 11.3 Å². The molecular weight excluding hydrogens is 346 g/mol. The van der Waals surface area contributed by atoms with Crippen LogP contribution in [0, 0.1) is 5.41 Å². The molecule has 0 spiro atoms. The smallest absolute Gasteiger partial charge is 0.258 e. The molecule has 1 unspecified atom stereocenters. The van der Waals surface area contributed by atoms with E-state index in [4.69, 9.17) is 4.98 Å². The van der Waals surface area contributed by atoms with E-state index in [9.17, 15) is 4.79 Å². The fourth-order valence-electron chi connectivity index (χ4n) is 3.38. The molecule has 4 nitrogen and oxygen atoms in total. The number of pyridine rings is 2. The van der Waals surface area contributed by atoms with Crippen molar-refractivity contribution in [2.24, 2.45) is 5.41 Å². The highest BCUT2D eigenvalue weighted by Gasteiger charge is 2.23. The third kappa shape index (κ3) is 3.65. The number of aromatic nitrogens is 2. The van der Waals surface area contributed by atoms with Gasteiger partial charge in [0.15, 0.2) is 0 Å². The summed E-state index contributed by atoms with van der Waals surface area (Å²) in [5, 5.41) is 6.30.